The standard InChI is InChI=1S/C23H23ClN4O2S/c24-18-6-3-8-20-21(18)26-23(31-20)28(10-4-9-27-11-13-30-14-12-27)22(29)17-15-25-19-7-2-1-5-16(17)19/h1-3,5-8,15,25H,4,9-14H2. The fraction of sp³-hybridized carbons (Fsp3) is 0.304. The Balaban J connectivity index is 1.45. The monoisotopic (exact) mass is 454 g/mol. The summed E-state index contributed by atoms with van der Waals surface area (Å²) in [5, 5.41) is 2.21. The molecule has 1 fully saturated rings. The first-order chi connectivity index (χ1) is 15.2. The van der Waals surface area contributed by atoms with Crippen LogP contribution in [0.25, 0.3) is 21.1 Å². The fourth-order valence-corrected chi connectivity index (χ4v) is 5.26. The minimum Gasteiger partial charge on any atom is -0.379 e. The van der Waals surface area contributed by atoms with Crippen LogP contribution in [0.3, 0.4) is 0 Å². The van der Waals surface area contributed by atoms with E-state index in [2.05, 4.69) is 9.88 Å². The molecule has 0 saturated carbocycles. The molecule has 0 bridgehead atoms. The summed E-state index contributed by atoms with van der Waals surface area (Å²) in [4.78, 5) is 25.8. The minimum atomic E-state index is -0.0467. The number of halogens is 1. The van der Waals surface area contributed by atoms with E-state index in [0.717, 1.165) is 60.4 Å². The van der Waals surface area contributed by atoms with Gasteiger partial charge < -0.3 is 9.72 Å². The number of carbonyl (C=O) groups is 1. The third-order valence-corrected chi connectivity index (χ3v) is 6.96. The third kappa shape index (κ3) is 4.19. The molecule has 5 rings (SSSR count). The number of H-pyrrole nitrogens is 1. The van der Waals surface area contributed by atoms with Gasteiger partial charge in [-0.2, -0.15) is 0 Å². The van der Waals surface area contributed by atoms with Crippen molar-refractivity contribution in [3.8, 4) is 0 Å². The predicted molar refractivity (Wildman–Crippen MR) is 126 cm³/mol. The molecule has 0 radical (unpaired) electrons. The Morgan fingerprint density at radius 2 is 2.03 bits per heavy atom. The van der Waals surface area contributed by atoms with E-state index in [1.165, 1.54) is 11.3 Å². The van der Waals surface area contributed by atoms with Gasteiger partial charge in [-0.25, -0.2) is 4.98 Å². The van der Waals surface area contributed by atoms with Crippen LogP contribution in [0.15, 0.2) is 48.7 Å². The second kappa shape index (κ2) is 8.96. The highest BCUT2D eigenvalue weighted by molar-refractivity contribution is 7.22. The zero-order chi connectivity index (χ0) is 21.2. The van der Waals surface area contributed by atoms with Crippen molar-refractivity contribution in [1.29, 1.82) is 0 Å². The van der Waals surface area contributed by atoms with Crippen molar-refractivity contribution in [3.63, 3.8) is 0 Å². The van der Waals surface area contributed by atoms with Gasteiger partial charge in [0, 0.05) is 43.3 Å². The number of amides is 1. The molecule has 1 saturated heterocycles. The van der Waals surface area contributed by atoms with Gasteiger partial charge in [0.2, 0.25) is 0 Å². The number of anilines is 1. The Morgan fingerprint density at radius 3 is 2.87 bits per heavy atom. The summed E-state index contributed by atoms with van der Waals surface area (Å²) in [6, 6.07) is 13.6. The van der Waals surface area contributed by atoms with Crippen molar-refractivity contribution in [2.75, 3.05) is 44.3 Å². The largest absolute Gasteiger partial charge is 0.379 e. The molecule has 160 valence electrons. The molecule has 4 aromatic rings. The molecular formula is C23H23ClN4O2S. The zero-order valence-corrected chi connectivity index (χ0v) is 18.6. The lowest BCUT2D eigenvalue weighted by Crippen LogP contribution is -2.39. The Kier molecular flexibility index (Phi) is 5.91. The lowest BCUT2D eigenvalue weighted by Gasteiger charge is -2.27. The molecule has 1 aliphatic heterocycles. The SMILES string of the molecule is O=C(c1c[nH]c2ccccc12)N(CCCN1CCOCC1)c1nc2c(Cl)cccc2s1. The predicted octanol–water partition coefficient (Wildman–Crippen LogP) is 4.80. The number of benzene rings is 2. The first-order valence-electron chi connectivity index (χ1n) is 10.4. The van der Waals surface area contributed by atoms with E-state index in [9.17, 15) is 4.79 Å². The molecule has 2 aromatic carbocycles. The maximum Gasteiger partial charge on any atom is 0.262 e. The molecule has 1 aliphatic rings. The number of para-hydroxylation sites is 2. The van der Waals surface area contributed by atoms with Crippen LogP contribution in [0.4, 0.5) is 5.13 Å². The fourth-order valence-electron chi connectivity index (χ4n) is 3.97. The number of hydrogen-bond acceptors (Lipinski definition) is 5. The smallest absolute Gasteiger partial charge is 0.262 e. The van der Waals surface area contributed by atoms with Crippen molar-refractivity contribution >= 4 is 55.1 Å². The summed E-state index contributed by atoms with van der Waals surface area (Å²) >= 11 is 7.86. The number of nitrogens with zero attached hydrogens (tertiary/aromatic N) is 3. The van der Waals surface area contributed by atoms with Crippen LogP contribution in [0.1, 0.15) is 16.8 Å². The maximum absolute atomic E-state index is 13.7. The Morgan fingerprint density at radius 1 is 1.19 bits per heavy atom. The van der Waals surface area contributed by atoms with Gasteiger partial charge in [0.05, 0.1) is 28.5 Å². The molecule has 31 heavy (non-hydrogen) atoms. The molecular weight excluding hydrogens is 432 g/mol. The first-order valence-corrected chi connectivity index (χ1v) is 11.6. The summed E-state index contributed by atoms with van der Waals surface area (Å²) in [7, 11) is 0. The summed E-state index contributed by atoms with van der Waals surface area (Å²) in [5.74, 6) is -0.0467. The molecule has 1 amide bonds. The number of aromatic amines is 1. The molecule has 6 nitrogen and oxygen atoms in total. The first kappa shape index (κ1) is 20.5. The summed E-state index contributed by atoms with van der Waals surface area (Å²) in [6.07, 6.45) is 2.65. The summed E-state index contributed by atoms with van der Waals surface area (Å²) in [5.41, 5.74) is 2.35. The molecule has 0 spiro atoms. The van der Waals surface area contributed by atoms with Crippen LogP contribution >= 0.6 is 22.9 Å². The summed E-state index contributed by atoms with van der Waals surface area (Å²) < 4.78 is 6.42. The average Bonchev–Trinajstić information content (AvgIpc) is 3.42. The highest BCUT2D eigenvalue weighted by Gasteiger charge is 2.24. The molecule has 0 unspecified atom stereocenters. The van der Waals surface area contributed by atoms with Crippen LogP contribution < -0.4 is 4.90 Å². The highest BCUT2D eigenvalue weighted by atomic mass is 35.5. The van der Waals surface area contributed by atoms with Gasteiger partial charge in [0.15, 0.2) is 5.13 Å². The van der Waals surface area contributed by atoms with E-state index in [4.69, 9.17) is 21.3 Å². The molecule has 2 aromatic heterocycles. The Labute approximate surface area is 189 Å². The topological polar surface area (TPSA) is 61.5 Å². The van der Waals surface area contributed by atoms with E-state index >= 15 is 0 Å². The van der Waals surface area contributed by atoms with Gasteiger partial charge >= 0.3 is 0 Å². The number of fused-ring (bicyclic) bond motifs is 2. The van der Waals surface area contributed by atoms with Gasteiger partial charge in [0.1, 0.15) is 5.52 Å². The normalized spacial score (nSPS) is 15.0. The number of aromatic nitrogens is 2. The van der Waals surface area contributed by atoms with Gasteiger partial charge in [0.25, 0.3) is 5.91 Å². The van der Waals surface area contributed by atoms with E-state index in [1.807, 2.05) is 42.5 Å². The van der Waals surface area contributed by atoms with E-state index in [0.29, 0.717) is 22.3 Å². The number of morpholine rings is 1. The average molecular weight is 455 g/mol. The second-order valence-electron chi connectivity index (χ2n) is 7.60. The number of hydrogen-bond donors (Lipinski definition) is 1. The van der Waals surface area contributed by atoms with Gasteiger partial charge in [-0.3, -0.25) is 14.6 Å². The quantitative estimate of drug-likeness (QED) is 0.454. The van der Waals surface area contributed by atoms with Crippen LogP contribution in [-0.2, 0) is 4.74 Å². The molecule has 0 aliphatic carbocycles. The van der Waals surface area contributed by atoms with Crippen molar-refractivity contribution in [3.05, 3.63) is 59.2 Å². The second-order valence-corrected chi connectivity index (χ2v) is 9.01. The number of rotatable bonds is 6. The summed E-state index contributed by atoms with van der Waals surface area (Å²) in [6.45, 7) is 4.93. The Hall–Kier alpha value is -2.45. The van der Waals surface area contributed by atoms with E-state index < -0.39 is 0 Å². The molecule has 1 N–H and O–H groups in total. The zero-order valence-electron chi connectivity index (χ0n) is 17.0. The van der Waals surface area contributed by atoms with Crippen molar-refractivity contribution in [2.45, 2.75) is 6.42 Å². The van der Waals surface area contributed by atoms with Gasteiger partial charge in [-0.15, -0.1) is 0 Å². The molecule has 0 atom stereocenters. The van der Waals surface area contributed by atoms with Crippen molar-refractivity contribution in [1.82, 2.24) is 14.9 Å². The van der Waals surface area contributed by atoms with Crippen LogP contribution in [-0.4, -0.2) is 60.2 Å². The van der Waals surface area contributed by atoms with Gasteiger partial charge in [-0.1, -0.05) is 47.2 Å². The number of thiazole rings is 1. The molecule has 8 heteroatoms. The van der Waals surface area contributed by atoms with Crippen molar-refractivity contribution < 1.29 is 9.53 Å². The number of ether oxygens (including phenoxy) is 1. The van der Waals surface area contributed by atoms with Crippen LogP contribution in [0, 0.1) is 0 Å². The van der Waals surface area contributed by atoms with E-state index in [1.54, 1.807) is 11.1 Å². The lowest BCUT2D eigenvalue weighted by atomic mass is 10.1. The highest BCUT2D eigenvalue weighted by Crippen LogP contribution is 2.34. The van der Waals surface area contributed by atoms with E-state index in [-0.39, 0.29) is 5.91 Å². The maximum atomic E-state index is 13.7. The molecule has 3 heterocycles. The van der Waals surface area contributed by atoms with Crippen LogP contribution in [0.5, 0.6) is 0 Å². The minimum absolute atomic E-state index is 0.0467. The van der Waals surface area contributed by atoms with Gasteiger partial charge in [-0.05, 0) is 24.6 Å². The lowest BCUT2D eigenvalue weighted by molar-refractivity contribution is 0.0376. The van der Waals surface area contributed by atoms with Crippen molar-refractivity contribution in [2.24, 2.45) is 0 Å². The number of nitrogens with one attached hydrogen (secondary N) is 1. The Bertz CT molecular complexity index is 1210. The number of carbonyl (C=O) groups excluding carboxylic acids is 1. The third-order valence-electron chi connectivity index (χ3n) is 5.61. The van der Waals surface area contributed by atoms with Crippen LogP contribution in [0.2, 0.25) is 5.02 Å².